The first-order valence-corrected chi connectivity index (χ1v) is 7.08. The minimum Gasteiger partial charge on any atom is -0.465 e. The van der Waals surface area contributed by atoms with Crippen LogP contribution in [-0.2, 0) is 25.5 Å². The van der Waals surface area contributed by atoms with Gasteiger partial charge in [-0.25, -0.2) is 0 Å². The second kappa shape index (κ2) is 6.55. The van der Waals surface area contributed by atoms with Gasteiger partial charge in [-0.2, -0.15) is 0 Å². The van der Waals surface area contributed by atoms with Crippen LogP contribution in [0, 0.1) is 5.92 Å². The van der Waals surface area contributed by atoms with Crippen LogP contribution in [-0.4, -0.2) is 25.2 Å². The number of esters is 2. The van der Waals surface area contributed by atoms with Gasteiger partial charge in [-0.3, -0.25) is 9.59 Å². The average molecular weight is 276 g/mol. The molecule has 0 spiro atoms. The van der Waals surface area contributed by atoms with Crippen molar-refractivity contribution in [1.82, 2.24) is 0 Å². The maximum Gasteiger partial charge on any atom is 0.320 e. The number of fused-ring (bicyclic) bond motifs is 1. The number of rotatable bonds is 6. The number of benzene rings is 1. The van der Waals surface area contributed by atoms with E-state index in [0.29, 0.717) is 6.42 Å². The molecule has 0 fully saturated rings. The molecule has 2 rings (SSSR count). The second-order valence-electron chi connectivity index (χ2n) is 4.89. The van der Waals surface area contributed by atoms with Gasteiger partial charge in [-0.05, 0) is 43.7 Å². The van der Waals surface area contributed by atoms with E-state index in [4.69, 9.17) is 9.47 Å². The summed E-state index contributed by atoms with van der Waals surface area (Å²) in [6.45, 7) is 4.02. The Morgan fingerprint density at radius 3 is 2.30 bits per heavy atom. The van der Waals surface area contributed by atoms with Crippen LogP contribution in [0.4, 0.5) is 0 Å². The highest BCUT2D eigenvalue weighted by molar-refractivity contribution is 5.95. The van der Waals surface area contributed by atoms with Gasteiger partial charge in [-0.15, -0.1) is 0 Å². The van der Waals surface area contributed by atoms with Crippen molar-refractivity contribution in [1.29, 1.82) is 0 Å². The summed E-state index contributed by atoms with van der Waals surface area (Å²) in [4.78, 5) is 23.8. The lowest BCUT2D eigenvalue weighted by atomic mass is 9.73. The fourth-order valence-electron chi connectivity index (χ4n) is 2.63. The lowest BCUT2D eigenvalue weighted by Gasteiger charge is -2.31. The molecule has 1 aromatic carbocycles. The molecular formula is C16H20O4. The third kappa shape index (κ3) is 3.00. The van der Waals surface area contributed by atoms with Crippen LogP contribution in [0.2, 0.25) is 0 Å². The lowest BCUT2D eigenvalue weighted by Crippen LogP contribution is -2.32. The van der Waals surface area contributed by atoms with E-state index >= 15 is 0 Å². The van der Waals surface area contributed by atoms with E-state index in [-0.39, 0.29) is 19.1 Å². The molecule has 1 unspecified atom stereocenters. The fraction of sp³-hybridized carbons (Fsp3) is 0.500. The highest BCUT2D eigenvalue weighted by Crippen LogP contribution is 2.39. The number of ether oxygens (including phenoxy) is 2. The number of hydrogen-bond acceptors (Lipinski definition) is 4. The monoisotopic (exact) mass is 276 g/mol. The van der Waals surface area contributed by atoms with Crippen molar-refractivity contribution >= 4 is 11.9 Å². The van der Waals surface area contributed by atoms with E-state index in [1.807, 2.05) is 12.1 Å². The van der Waals surface area contributed by atoms with E-state index in [0.717, 1.165) is 6.42 Å². The molecule has 4 nitrogen and oxygen atoms in total. The largest absolute Gasteiger partial charge is 0.465 e. The predicted octanol–water partition coefficient (Wildman–Crippen LogP) is 2.46. The first-order chi connectivity index (χ1) is 9.67. The van der Waals surface area contributed by atoms with E-state index in [1.54, 1.807) is 13.8 Å². The minimum absolute atomic E-state index is 0.241. The van der Waals surface area contributed by atoms with Crippen molar-refractivity contribution in [2.45, 2.75) is 32.6 Å². The van der Waals surface area contributed by atoms with Crippen LogP contribution in [0.5, 0.6) is 0 Å². The molecule has 0 amide bonds. The number of carbonyl (C=O) groups excluding carboxylic acids is 2. The van der Waals surface area contributed by atoms with Crippen molar-refractivity contribution < 1.29 is 19.1 Å². The van der Waals surface area contributed by atoms with Crippen LogP contribution in [0.1, 0.15) is 37.3 Å². The van der Waals surface area contributed by atoms with Gasteiger partial charge >= 0.3 is 11.9 Å². The van der Waals surface area contributed by atoms with Crippen molar-refractivity contribution in [3.8, 4) is 0 Å². The zero-order valence-corrected chi connectivity index (χ0v) is 11.9. The van der Waals surface area contributed by atoms with Gasteiger partial charge in [0.05, 0.1) is 13.2 Å². The Balaban J connectivity index is 2.05. The topological polar surface area (TPSA) is 52.6 Å². The summed E-state index contributed by atoms with van der Waals surface area (Å²) >= 11 is 0. The summed E-state index contributed by atoms with van der Waals surface area (Å²) in [5.74, 6) is -1.52. The van der Waals surface area contributed by atoms with Crippen LogP contribution >= 0.6 is 0 Å². The highest BCUT2D eigenvalue weighted by atomic mass is 16.6. The predicted molar refractivity (Wildman–Crippen MR) is 74.3 cm³/mol. The summed E-state index contributed by atoms with van der Waals surface area (Å²) < 4.78 is 9.98. The van der Waals surface area contributed by atoms with Gasteiger partial charge < -0.3 is 9.47 Å². The Kier molecular flexibility index (Phi) is 4.77. The van der Waals surface area contributed by atoms with Crippen LogP contribution in [0.25, 0.3) is 0 Å². The Morgan fingerprint density at radius 2 is 1.75 bits per heavy atom. The molecule has 0 saturated carbocycles. The summed E-state index contributed by atoms with van der Waals surface area (Å²) in [5.41, 5.74) is 2.52. The van der Waals surface area contributed by atoms with Crippen molar-refractivity contribution in [2.24, 2.45) is 5.92 Å². The molecule has 0 radical (unpaired) electrons. The Morgan fingerprint density at radius 1 is 1.15 bits per heavy atom. The van der Waals surface area contributed by atoms with Gasteiger partial charge in [-0.1, -0.05) is 24.3 Å². The molecule has 1 aliphatic carbocycles. The third-order valence-corrected chi connectivity index (χ3v) is 3.62. The highest BCUT2D eigenvalue weighted by Gasteiger charge is 2.36. The number of carbonyl (C=O) groups is 2. The van der Waals surface area contributed by atoms with Gasteiger partial charge in [0.2, 0.25) is 0 Å². The molecule has 0 aliphatic heterocycles. The molecule has 4 heteroatoms. The maximum atomic E-state index is 11.9. The standard InChI is InChI=1S/C16H20O4/c1-3-19-15(17)14(16(18)20-4-2)10-12-9-11-7-5-6-8-13(11)12/h5-8,12,14H,3-4,9-10H2,1-2H3. The first-order valence-electron chi connectivity index (χ1n) is 7.08. The van der Waals surface area contributed by atoms with Crippen molar-refractivity contribution in [3.63, 3.8) is 0 Å². The molecular weight excluding hydrogens is 256 g/mol. The molecule has 0 aromatic heterocycles. The molecule has 108 valence electrons. The second-order valence-corrected chi connectivity index (χ2v) is 4.89. The van der Waals surface area contributed by atoms with E-state index < -0.39 is 17.9 Å². The van der Waals surface area contributed by atoms with Crippen molar-refractivity contribution in [2.75, 3.05) is 13.2 Å². The molecule has 1 aliphatic rings. The van der Waals surface area contributed by atoms with Crippen LogP contribution < -0.4 is 0 Å². The van der Waals surface area contributed by atoms with Crippen LogP contribution in [0.3, 0.4) is 0 Å². The average Bonchev–Trinajstić information content (AvgIpc) is 2.40. The van der Waals surface area contributed by atoms with E-state index in [1.165, 1.54) is 11.1 Å². The molecule has 20 heavy (non-hydrogen) atoms. The summed E-state index contributed by atoms with van der Waals surface area (Å²) in [6.07, 6.45) is 1.38. The molecule has 0 bridgehead atoms. The molecule has 0 N–H and O–H groups in total. The Bertz CT molecular complexity index is 477. The number of hydrogen-bond donors (Lipinski definition) is 0. The molecule has 1 aromatic rings. The van der Waals surface area contributed by atoms with Crippen molar-refractivity contribution in [3.05, 3.63) is 35.4 Å². The smallest absolute Gasteiger partial charge is 0.320 e. The normalized spacial score (nSPS) is 16.2. The lowest BCUT2D eigenvalue weighted by molar-refractivity contribution is -0.162. The van der Waals surface area contributed by atoms with Gasteiger partial charge in [0.25, 0.3) is 0 Å². The molecule has 1 atom stereocenters. The maximum absolute atomic E-state index is 11.9. The van der Waals surface area contributed by atoms with Gasteiger partial charge in [0.15, 0.2) is 5.92 Å². The van der Waals surface area contributed by atoms with Gasteiger partial charge in [0, 0.05) is 0 Å². The zero-order valence-electron chi connectivity index (χ0n) is 11.9. The van der Waals surface area contributed by atoms with E-state index in [2.05, 4.69) is 12.1 Å². The zero-order chi connectivity index (χ0) is 14.5. The SMILES string of the molecule is CCOC(=O)C(CC1Cc2ccccc21)C(=O)OCC. The summed E-state index contributed by atoms with van der Waals surface area (Å²) in [6, 6.07) is 8.12. The summed E-state index contributed by atoms with van der Waals surface area (Å²) in [5, 5.41) is 0. The van der Waals surface area contributed by atoms with Crippen LogP contribution in [0.15, 0.2) is 24.3 Å². The summed E-state index contributed by atoms with van der Waals surface area (Å²) in [7, 11) is 0. The quantitative estimate of drug-likeness (QED) is 0.591. The first kappa shape index (κ1) is 14.6. The Labute approximate surface area is 119 Å². The van der Waals surface area contributed by atoms with Gasteiger partial charge in [0.1, 0.15) is 0 Å². The minimum atomic E-state index is -0.812. The fourth-order valence-corrected chi connectivity index (χ4v) is 2.63. The molecule has 0 saturated heterocycles. The van der Waals surface area contributed by atoms with E-state index in [9.17, 15) is 9.59 Å². The molecule has 0 heterocycles. The Hall–Kier alpha value is -1.84. The third-order valence-electron chi connectivity index (χ3n) is 3.62.